The molecule has 1 aromatic carbocycles. The molecular weight excluding hydrogens is 191 g/mol. The number of aryl methyl sites for hydroxylation is 1. The Balaban J connectivity index is 3.00. The van der Waals surface area contributed by atoms with Crippen molar-refractivity contribution < 1.29 is 7.84 Å². The predicted molar refractivity (Wildman–Crippen MR) is 39.5 cm³/mol. The maximum atomic E-state index is 10.5. The van der Waals surface area contributed by atoms with Gasteiger partial charge in [0.25, 0.3) is 0 Å². The molecule has 1 radical (unpaired) electrons. The van der Waals surface area contributed by atoms with Gasteiger partial charge in [-0.1, -0.05) is 0 Å². The van der Waals surface area contributed by atoms with Gasteiger partial charge in [0.15, 0.2) is 0 Å². The zero-order valence-corrected chi connectivity index (χ0v) is 7.49. The number of hydrogen-bond donors (Lipinski definition) is 1. The fraction of sp³-hybridized carbons (Fsp3) is 0.143. The van der Waals surface area contributed by atoms with E-state index in [1.165, 1.54) is 0 Å². The first-order valence-corrected chi connectivity index (χ1v) is 5.47. The summed E-state index contributed by atoms with van der Waals surface area (Å²) >= 11 is -2.86. The van der Waals surface area contributed by atoms with Crippen LogP contribution in [0.3, 0.4) is 0 Å². The van der Waals surface area contributed by atoms with Gasteiger partial charge in [-0.05, 0) is 0 Å². The van der Waals surface area contributed by atoms with E-state index in [0.717, 1.165) is 5.56 Å². The summed E-state index contributed by atoms with van der Waals surface area (Å²) in [5.74, 6) is 0. The van der Waals surface area contributed by atoms with Gasteiger partial charge in [0.05, 0.1) is 0 Å². The molecule has 0 aliphatic carbocycles. The molecule has 53 valence electrons. The molecule has 0 heterocycles. The number of benzene rings is 1. The van der Waals surface area contributed by atoms with E-state index < -0.39 is 14.9 Å². The third-order valence-corrected chi connectivity index (χ3v) is 2.81. The molecule has 0 aromatic heterocycles. The maximum absolute atomic E-state index is 10.5. The molecule has 1 unspecified atom stereocenters. The molecule has 3 heteroatoms. The van der Waals surface area contributed by atoms with Crippen LogP contribution >= 0.6 is 0 Å². The first-order chi connectivity index (χ1) is 4.70. The molecule has 0 saturated heterocycles. The Kier molecular flexibility index (Phi) is 2.36. The fourth-order valence-corrected chi connectivity index (χ4v) is 1.52. The summed E-state index contributed by atoms with van der Waals surface area (Å²) in [4.78, 5) is 0. The van der Waals surface area contributed by atoms with E-state index in [0.29, 0.717) is 4.35 Å². The average Bonchev–Trinajstić information content (AvgIpc) is 1.88. The van der Waals surface area contributed by atoms with E-state index in [-0.39, 0.29) is 0 Å². The van der Waals surface area contributed by atoms with Crippen LogP contribution in [0.2, 0.25) is 0 Å². The third kappa shape index (κ3) is 1.76. The Morgan fingerprint density at radius 2 is 1.80 bits per heavy atom. The van der Waals surface area contributed by atoms with Crippen molar-refractivity contribution in [2.24, 2.45) is 0 Å². The summed E-state index contributed by atoms with van der Waals surface area (Å²) in [7, 11) is 0. The molecule has 0 bridgehead atoms. The minimum absolute atomic E-state index is 0.568. The molecule has 0 spiro atoms. The Morgan fingerprint density at radius 1 is 1.30 bits per heavy atom. The van der Waals surface area contributed by atoms with Crippen molar-refractivity contribution >= 4 is 19.3 Å². The van der Waals surface area contributed by atoms with Gasteiger partial charge in [0.2, 0.25) is 0 Å². The molecule has 10 heavy (non-hydrogen) atoms. The van der Waals surface area contributed by atoms with Crippen LogP contribution in [0, 0.1) is 6.92 Å². The SMILES string of the molecule is Cc1ccc([As](=O)O)cc1. The average molecular weight is 199 g/mol. The first-order valence-electron chi connectivity index (χ1n) is 2.93. The normalized spacial score (nSPS) is 11.2. The van der Waals surface area contributed by atoms with E-state index in [4.69, 9.17) is 4.10 Å². The predicted octanol–water partition coefficient (Wildman–Crippen LogP) is 0.113. The molecule has 1 N–H and O–H groups in total. The third-order valence-electron chi connectivity index (χ3n) is 1.25. The second-order valence-electron chi connectivity index (χ2n) is 2.11. The standard InChI is InChI=1S/C7H8AsO2/c1-6-2-4-7(5-3-6)8(9)10/h2-5H,1H3,(H,9,10). The Labute approximate surface area is 64.3 Å². The zero-order chi connectivity index (χ0) is 7.56. The van der Waals surface area contributed by atoms with Crippen molar-refractivity contribution in [1.29, 1.82) is 0 Å². The molecule has 2 nitrogen and oxygen atoms in total. The molecule has 0 aliphatic rings. The molecule has 1 atom stereocenters. The van der Waals surface area contributed by atoms with Crippen molar-refractivity contribution in [1.82, 2.24) is 0 Å². The van der Waals surface area contributed by atoms with Crippen LogP contribution in [0.25, 0.3) is 0 Å². The van der Waals surface area contributed by atoms with E-state index in [1.807, 2.05) is 19.1 Å². The van der Waals surface area contributed by atoms with Gasteiger partial charge in [-0.15, -0.1) is 0 Å². The van der Waals surface area contributed by atoms with E-state index >= 15 is 0 Å². The van der Waals surface area contributed by atoms with Crippen molar-refractivity contribution in [2.45, 2.75) is 6.92 Å². The summed E-state index contributed by atoms with van der Waals surface area (Å²) in [6.07, 6.45) is 0. The number of rotatable bonds is 1. The second kappa shape index (κ2) is 3.09. The van der Waals surface area contributed by atoms with E-state index in [2.05, 4.69) is 0 Å². The van der Waals surface area contributed by atoms with Crippen LogP contribution in [0.4, 0.5) is 0 Å². The Hall–Kier alpha value is -0.462. The van der Waals surface area contributed by atoms with Crippen LogP contribution in [-0.2, 0) is 3.74 Å². The molecule has 1 rings (SSSR count). The summed E-state index contributed by atoms with van der Waals surface area (Å²) in [5.41, 5.74) is 1.11. The van der Waals surface area contributed by atoms with Crippen molar-refractivity contribution in [2.75, 3.05) is 0 Å². The fourth-order valence-electron chi connectivity index (χ4n) is 0.672. The molecule has 0 amide bonds. The van der Waals surface area contributed by atoms with Crippen molar-refractivity contribution in [3.8, 4) is 0 Å². The van der Waals surface area contributed by atoms with Crippen LogP contribution in [0.15, 0.2) is 24.3 Å². The molecule has 0 fully saturated rings. The van der Waals surface area contributed by atoms with E-state index in [9.17, 15) is 3.74 Å². The summed E-state index contributed by atoms with van der Waals surface area (Å²) in [6.45, 7) is 1.95. The van der Waals surface area contributed by atoms with Crippen LogP contribution in [-0.4, -0.2) is 19.0 Å². The van der Waals surface area contributed by atoms with Crippen molar-refractivity contribution in [3.05, 3.63) is 29.8 Å². The number of hydrogen-bond acceptors (Lipinski definition) is 1. The minimum atomic E-state index is -2.86. The zero-order valence-electron chi connectivity index (χ0n) is 5.61. The van der Waals surface area contributed by atoms with E-state index in [1.54, 1.807) is 12.1 Å². The van der Waals surface area contributed by atoms with Gasteiger partial charge >= 0.3 is 63.9 Å². The van der Waals surface area contributed by atoms with Gasteiger partial charge in [-0.3, -0.25) is 0 Å². The molecule has 1 aromatic rings. The first kappa shape index (κ1) is 7.64. The summed E-state index contributed by atoms with van der Waals surface area (Å²) in [6, 6.07) is 7.07. The topological polar surface area (TPSA) is 37.3 Å². The van der Waals surface area contributed by atoms with Gasteiger partial charge in [-0.25, -0.2) is 0 Å². The Bertz CT molecular complexity index is 240. The molecular formula is C7H8AsO2. The Morgan fingerprint density at radius 3 is 2.20 bits per heavy atom. The van der Waals surface area contributed by atoms with Crippen LogP contribution in [0.5, 0.6) is 0 Å². The van der Waals surface area contributed by atoms with Gasteiger partial charge in [0, 0.05) is 0 Å². The summed E-state index contributed by atoms with van der Waals surface area (Å²) < 4.78 is 19.8. The molecule has 0 saturated carbocycles. The van der Waals surface area contributed by atoms with Crippen molar-refractivity contribution in [3.63, 3.8) is 0 Å². The quantitative estimate of drug-likeness (QED) is 0.652. The molecule has 0 aliphatic heterocycles. The van der Waals surface area contributed by atoms with Gasteiger partial charge in [-0.2, -0.15) is 0 Å². The monoisotopic (exact) mass is 199 g/mol. The van der Waals surface area contributed by atoms with Gasteiger partial charge < -0.3 is 0 Å². The second-order valence-corrected chi connectivity index (χ2v) is 4.34. The van der Waals surface area contributed by atoms with Gasteiger partial charge in [0.1, 0.15) is 0 Å². The van der Waals surface area contributed by atoms with Crippen LogP contribution < -0.4 is 4.35 Å². The summed E-state index contributed by atoms with van der Waals surface area (Å²) in [5, 5.41) is 0. The van der Waals surface area contributed by atoms with Crippen LogP contribution in [0.1, 0.15) is 5.56 Å².